The standard InChI is InChI=1S/C17H26O2/c1-16(2)11-15(18)17(3,4)14-10-12(8-9-19-5)6-7-13(14)16/h6-7,10,15,18H,8-9,11H2,1-5H3. The fraction of sp³-hybridized carbons (Fsp3) is 0.647. The van der Waals surface area contributed by atoms with Gasteiger partial charge in [0.25, 0.3) is 0 Å². The van der Waals surface area contributed by atoms with E-state index < -0.39 is 0 Å². The number of aliphatic hydroxyl groups excluding tert-OH is 1. The molecule has 2 nitrogen and oxygen atoms in total. The van der Waals surface area contributed by atoms with Crippen molar-refractivity contribution in [1.29, 1.82) is 0 Å². The van der Waals surface area contributed by atoms with Crippen LogP contribution in [0.4, 0.5) is 0 Å². The zero-order valence-electron chi connectivity index (χ0n) is 12.8. The molecule has 0 saturated heterocycles. The molecule has 0 amide bonds. The first kappa shape index (κ1) is 14.5. The van der Waals surface area contributed by atoms with Crippen molar-refractivity contribution in [2.24, 2.45) is 0 Å². The summed E-state index contributed by atoms with van der Waals surface area (Å²) in [6.45, 7) is 9.47. The maximum absolute atomic E-state index is 10.5. The van der Waals surface area contributed by atoms with Crippen LogP contribution in [-0.2, 0) is 22.0 Å². The molecule has 0 aromatic heterocycles. The van der Waals surface area contributed by atoms with Gasteiger partial charge < -0.3 is 9.84 Å². The highest BCUT2D eigenvalue weighted by atomic mass is 16.5. The lowest BCUT2D eigenvalue weighted by Crippen LogP contribution is -2.45. The lowest BCUT2D eigenvalue weighted by molar-refractivity contribution is 0.0582. The van der Waals surface area contributed by atoms with Crippen molar-refractivity contribution in [3.63, 3.8) is 0 Å². The van der Waals surface area contributed by atoms with E-state index in [9.17, 15) is 5.11 Å². The summed E-state index contributed by atoms with van der Waals surface area (Å²) in [6, 6.07) is 6.71. The van der Waals surface area contributed by atoms with Gasteiger partial charge in [-0.2, -0.15) is 0 Å². The van der Waals surface area contributed by atoms with Crippen LogP contribution in [0.2, 0.25) is 0 Å². The lowest BCUT2D eigenvalue weighted by atomic mass is 9.61. The molecule has 1 aromatic rings. The summed E-state index contributed by atoms with van der Waals surface area (Å²) in [4.78, 5) is 0. The number of aliphatic hydroxyl groups is 1. The third-order valence-electron chi connectivity index (χ3n) is 4.64. The third kappa shape index (κ3) is 2.56. The second-order valence-corrected chi connectivity index (χ2v) is 6.95. The van der Waals surface area contributed by atoms with Gasteiger partial charge in [-0.25, -0.2) is 0 Å². The number of benzene rings is 1. The molecule has 0 saturated carbocycles. The molecule has 106 valence electrons. The van der Waals surface area contributed by atoms with Gasteiger partial charge in [0, 0.05) is 12.5 Å². The van der Waals surface area contributed by atoms with E-state index in [-0.39, 0.29) is 16.9 Å². The van der Waals surface area contributed by atoms with Crippen LogP contribution < -0.4 is 0 Å². The first-order chi connectivity index (χ1) is 8.79. The lowest BCUT2D eigenvalue weighted by Gasteiger charge is -2.45. The van der Waals surface area contributed by atoms with E-state index >= 15 is 0 Å². The second kappa shape index (κ2) is 4.92. The summed E-state index contributed by atoms with van der Waals surface area (Å²) in [7, 11) is 1.73. The quantitative estimate of drug-likeness (QED) is 0.906. The fourth-order valence-electron chi connectivity index (χ4n) is 3.12. The molecule has 19 heavy (non-hydrogen) atoms. The molecule has 0 heterocycles. The van der Waals surface area contributed by atoms with Crippen molar-refractivity contribution in [2.75, 3.05) is 13.7 Å². The topological polar surface area (TPSA) is 29.5 Å². The first-order valence-electron chi connectivity index (χ1n) is 7.10. The van der Waals surface area contributed by atoms with Gasteiger partial charge in [0.1, 0.15) is 0 Å². The number of fused-ring (bicyclic) bond motifs is 1. The van der Waals surface area contributed by atoms with Crippen molar-refractivity contribution < 1.29 is 9.84 Å². The van der Waals surface area contributed by atoms with E-state index in [2.05, 4.69) is 45.9 Å². The zero-order chi connectivity index (χ0) is 14.3. The number of rotatable bonds is 3. The summed E-state index contributed by atoms with van der Waals surface area (Å²) >= 11 is 0. The first-order valence-corrected chi connectivity index (χ1v) is 7.10. The van der Waals surface area contributed by atoms with E-state index in [0.717, 1.165) is 19.4 Å². The largest absolute Gasteiger partial charge is 0.392 e. The van der Waals surface area contributed by atoms with Crippen molar-refractivity contribution in [2.45, 2.75) is 57.5 Å². The molecule has 0 aliphatic heterocycles. The number of hydrogen-bond donors (Lipinski definition) is 1. The molecule has 1 atom stereocenters. The number of hydrogen-bond acceptors (Lipinski definition) is 2. The molecule has 1 aliphatic carbocycles. The molecule has 0 spiro atoms. The zero-order valence-corrected chi connectivity index (χ0v) is 12.8. The SMILES string of the molecule is COCCc1ccc2c(c1)C(C)(C)C(O)CC2(C)C. The fourth-order valence-corrected chi connectivity index (χ4v) is 3.12. The summed E-state index contributed by atoms with van der Waals surface area (Å²) in [6.07, 6.45) is 1.47. The van der Waals surface area contributed by atoms with Crippen molar-refractivity contribution in [3.05, 3.63) is 34.9 Å². The Morgan fingerprint density at radius 1 is 1.21 bits per heavy atom. The van der Waals surface area contributed by atoms with Crippen LogP contribution in [0.15, 0.2) is 18.2 Å². The minimum absolute atomic E-state index is 0.0457. The molecule has 1 unspecified atom stereocenters. The number of ether oxygens (including phenoxy) is 1. The molecule has 1 aromatic carbocycles. The Hall–Kier alpha value is -0.860. The van der Waals surface area contributed by atoms with Crippen LogP contribution in [0.1, 0.15) is 50.8 Å². The van der Waals surface area contributed by atoms with Gasteiger partial charge in [0.2, 0.25) is 0 Å². The van der Waals surface area contributed by atoms with Crippen LogP contribution in [0, 0.1) is 0 Å². The smallest absolute Gasteiger partial charge is 0.0639 e. The summed E-state index contributed by atoms with van der Waals surface area (Å²) in [5, 5.41) is 10.5. The van der Waals surface area contributed by atoms with Crippen LogP contribution in [0.3, 0.4) is 0 Å². The summed E-state index contributed by atoms with van der Waals surface area (Å²) < 4.78 is 5.15. The Kier molecular flexibility index (Phi) is 3.76. The predicted octanol–water partition coefficient (Wildman–Crippen LogP) is 3.20. The van der Waals surface area contributed by atoms with Crippen LogP contribution in [0.25, 0.3) is 0 Å². The van der Waals surface area contributed by atoms with Gasteiger partial charge in [-0.1, -0.05) is 45.9 Å². The Labute approximate surface area is 116 Å². The van der Waals surface area contributed by atoms with Crippen molar-refractivity contribution >= 4 is 0 Å². The van der Waals surface area contributed by atoms with E-state index in [1.54, 1.807) is 7.11 Å². The van der Waals surface area contributed by atoms with E-state index in [0.29, 0.717) is 0 Å². The van der Waals surface area contributed by atoms with Crippen molar-refractivity contribution in [1.82, 2.24) is 0 Å². The molecule has 1 aliphatic rings. The monoisotopic (exact) mass is 262 g/mol. The Bertz CT molecular complexity index is 460. The summed E-state index contributed by atoms with van der Waals surface area (Å²) in [5.74, 6) is 0. The van der Waals surface area contributed by atoms with E-state index in [1.165, 1.54) is 16.7 Å². The highest BCUT2D eigenvalue weighted by Gasteiger charge is 2.43. The van der Waals surface area contributed by atoms with Crippen LogP contribution in [0.5, 0.6) is 0 Å². The minimum Gasteiger partial charge on any atom is -0.392 e. The highest BCUT2D eigenvalue weighted by Crippen LogP contribution is 2.46. The maximum Gasteiger partial charge on any atom is 0.0639 e. The van der Waals surface area contributed by atoms with Gasteiger partial charge in [-0.05, 0) is 34.9 Å². The van der Waals surface area contributed by atoms with Gasteiger partial charge >= 0.3 is 0 Å². The maximum atomic E-state index is 10.5. The number of methoxy groups -OCH3 is 1. The van der Waals surface area contributed by atoms with Gasteiger partial charge in [0.15, 0.2) is 0 Å². The van der Waals surface area contributed by atoms with Crippen LogP contribution >= 0.6 is 0 Å². The second-order valence-electron chi connectivity index (χ2n) is 6.95. The Morgan fingerprint density at radius 3 is 2.53 bits per heavy atom. The normalized spacial score (nSPS) is 24.0. The molecule has 0 fully saturated rings. The molecule has 0 radical (unpaired) electrons. The molecule has 0 bridgehead atoms. The third-order valence-corrected chi connectivity index (χ3v) is 4.64. The Morgan fingerprint density at radius 2 is 1.89 bits per heavy atom. The van der Waals surface area contributed by atoms with Crippen LogP contribution in [-0.4, -0.2) is 24.9 Å². The average Bonchev–Trinajstić information content (AvgIpc) is 2.34. The molecule has 1 N–H and O–H groups in total. The summed E-state index contributed by atoms with van der Waals surface area (Å²) in [5.41, 5.74) is 3.84. The minimum atomic E-state index is -0.285. The molecular weight excluding hydrogens is 236 g/mol. The molecular formula is C17H26O2. The molecule has 2 heteroatoms. The highest BCUT2D eigenvalue weighted by molar-refractivity contribution is 5.44. The van der Waals surface area contributed by atoms with Crippen molar-refractivity contribution in [3.8, 4) is 0 Å². The Balaban J connectivity index is 2.47. The predicted molar refractivity (Wildman–Crippen MR) is 78.7 cm³/mol. The van der Waals surface area contributed by atoms with Gasteiger partial charge in [-0.15, -0.1) is 0 Å². The van der Waals surface area contributed by atoms with Gasteiger partial charge in [0.05, 0.1) is 12.7 Å². The van der Waals surface area contributed by atoms with E-state index in [4.69, 9.17) is 4.74 Å². The van der Waals surface area contributed by atoms with Gasteiger partial charge in [-0.3, -0.25) is 0 Å². The average molecular weight is 262 g/mol. The molecule has 2 rings (SSSR count). The van der Waals surface area contributed by atoms with E-state index in [1.807, 2.05) is 0 Å².